The van der Waals surface area contributed by atoms with E-state index in [1.54, 1.807) is 0 Å². The van der Waals surface area contributed by atoms with Crippen molar-refractivity contribution in [3.63, 3.8) is 0 Å². The van der Waals surface area contributed by atoms with E-state index >= 15 is 0 Å². The Morgan fingerprint density at radius 2 is 1.83 bits per heavy atom. The zero-order chi connectivity index (χ0) is 13.5. The van der Waals surface area contributed by atoms with Gasteiger partial charge in [-0.1, -0.05) is 13.8 Å². The number of piperidine rings is 1. The van der Waals surface area contributed by atoms with Crippen LogP contribution < -0.4 is 0 Å². The summed E-state index contributed by atoms with van der Waals surface area (Å²) in [6, 6.07) is 0.679. The number of rotatable bonds is 6. The van der Waals surface area contributed by atoms with E-state index in [1.165, 1.54) is 32.4 Å². The molecule has 0 aromatic carbocycles. The van der Waals surface area contributed by atoms with Gasteiger partial charge in [-0.05, 0) is 58.5 Å². The fraction of sp³-hybridized carbons (Fsp3) is 0.933. The Bertz CT molecular complexity index is 243. The quantitative estimate of drug-likeness (QED) is 0.539. The molecule has 0 aromatic heterocycles. The first-order chi connectivity index (χ1) is 8.50. The van der Waals surface area contributed by atoms with Crippen LogP contribution in [0, 0.1) is 11.8 Å². The highest BCUT2D eigenvalue weighted by Gasteiger charge is 2.20. The normalized spacial score (nSPS) is 18.6. The van der Waals surface area contributed by atoms with Crippen LogP contribution >= 0.6 is 0 Å². The van der Waals surface area contributed by atoms with Crippen molar-refractivity contribution < 1.29 is 9.53 Å². The predicted molar refractivity (Wildman–Crippen MR) is 74.5 cm³/mol. The molecule has 1 fully saturated rings. The van der Waals surface area contributed by atoms with Crippen LogP contribution in [0.1, 0.15) is 53.4 Å². The summed E-state index contributed by atoms with van der Waals surface area (Å²) in [5.41, 5.74) is 0. The second-order valence-electron chi connectivity index (χ2n) is 6.04. The molecule has 0 bridgehead atoms. The van der Waals surface area contributed by atoms with Gasteiger partial charge in [-0.2, -0.15) is 0 Å². The highest BCUT2D eigenvalue weighted by atomic mass is 16.5. The summed E-state index contributed by atoms with van der Waals surface area (Å²) in [5.74, 6) is 0.765. The number of esters is 1. The first-order valence-corrected chi connectivity index (χ1v) is 7.41. The Labute approximate surface area is 112 Å². The van der Waals surface area contributed by atoms with E-state index in [-0.39, 0.29) is 11.9 Å². The molecule has 0 N–H and O–H groups in total. The van der Waals surface area contributed by atoms with E-state index in [4.69, 9.17) is 4.74 Å². The Morgan fingerprint density at radius 1 is 1.22 bits per heavy atom. The molecule has 1 heterocycles. The van der Waals surface area contributed by atoms with Gasteiger partial charge in [0.1, 0.15) is 0 Å². The van der Waals surface area contributed by atoms with Crippen LogP contribution in [0.5, 0.6) is 0 Å². The fourth-order valence-corrected chi connectivity index (χ4v) is 2.47. The largest absolute Gasteiger partial charge is 0.465 e. The lowest BCUT2D eigenvalue weighted by Crippen LogP contribution is -2.38. The molecule has 0 radical (unpaired) electrons. The van der Waals surface area contributed by atoms with Crippen molar-refractivity contribution in [2.24, 2.45) is 11.8 Å². The van der Waals surface area contributed by atoms with Gasteiger partial charge in [0.25, 0.3) is 0 Å². The van der Waals surface area contributed by atoms with Crippen molar-refractivity contribution in [1.29, 1.82) is 0 Å². The van der Waals surface area contributed by atoms with Crippen molar-refractivity contribution in [3.05, 3.63) is 0 Å². The molecule has 1 aliphatic heterocycles. The third-order valence-corrected chi connectivity index (χ3v) is 3.85. The maximum absolute atomic E-state index is 11.3. The molecule has 3 heteroatoms. The van der Waals surface area contributed by atoms with Crippen LogP contribution in [-0.2, 0) is 9.53 Å². The number of likely N-dealkylation sites (tertiary alicyclic amines) is 1. The Hall–Kier alpha value is -0.570. The lowest BCUT2D eigenvalue weighted by molar-refractivity contribution is -0.147. The van der Waals surface area contributed by atoms with Gasteiger partial charge < -0.3 is 9.64 Å². The molecular formula is C15H29NO2. The van der Waals surface area contributed by atoms with Crippen LogP contribution in [0.15, 0.2) is 0 Å². The molecule has 0 amide bonds. The molecule has 3 nitrogen and oxygen atoms in total. The van der Waals surface area contributed by atoms with E-state index < -0.39 is 0 Å². The number of hydrogen-bond donors (Lipinski definition) is 0. The molecule has 1 saturated heterocycles. The first kappa shape index (κ1) is 15.5. The zero-order valence-corrected chi connectivity index (χ0v) is 12.4. The third kappa shape index (κ3) is 5.38. The topological polar surface area (TPSA) is 29.5 Å². The van der Waals surface area contributed by atoms with Crippen LogP contribution in [0.2, 0.25) is 0 Å². The van der Waals surface area contributed by atoms with Crippen molar-refractivity contribution >= 4 is 5.97 Å². The summed E-state index contributed by atoms with van der Waals surface area (Å²) in [7, 11) is 0. The highest BCUT2D eigenvalue weighted by Crippen LogP contribution is 2.23. The minimum atomic E-state index is -0.0652. The standard InChI is InChI=1S/C15H29NO2/c1-12(2)15(17)18-11-5-6-14-7-9-16(10-8-14)13(3)4/h12-14H,5-11H2,1-4H3. The summed E-state index contributed by atoms with van der Waals surface area (Å²) in [6.45, 7) is 11.4. The highest BCUT2D eigenvalue weighted by molar-refractivity contribution is 5.71. The minimum absolute atomic E-state index is 0.000666. The fourth-order valence-electron chi connectivity index (χ4n) is 2.47. The number of ether oxygens (including phenoxy) is 1. The Balaban J connectivity index is 2.06. The van der Waals surface area contributed by atoms with E-state index in [0.717, 1.165) is 12.3 Å². The van der Waals surface area contributed by atoms with Crippen molar-refractivity contribution in [2.75, 3.05) is 19.7 Å². The second-order valence-corrected chi connectivity index (χ2v) is 6.04. The van der Waals surface area contributed by atoms with Crippen LogP contribution in [0.4, 0.5) is 0 Å². The molecule has 0 unspecified atom stereocenters. The van der Waals surface area contributed by atoms with E-state index in [2.05, 4.69) is 18.7 Å². The van der Waals surface area contributed by atoms with Gasteiger partial charge in [-0.15, -0.1) is 0 Å². The van der Waals surface area contributed by atoms with Gasteiger partial charge in [0, 0.05) is 6.04 Å². The monoisotopic (exact) mass is 255 g/mol. The average Bonchev–Trinajstić information content (AvgIpc) is 2.34. The van der Waals surface area contributed by atoms with Crippen molar-refractivity contribution in [3.8, 4) is 0 Å². The van der Waals surface area contributed by atoms with Gasteiger partial charge >= 0.3 is 5.97 Å². The SMILES string of the molecule is CC(C)C(=O)OCCCC1CCN(C(C)C)CC1. The number of carbonyl (C=O) groups is 1. The molecule has 0 aromatic rings. The third-order valence-electron chi connectivity index (χ3n) is 3.85. The van der Waals surface area contributed by atoms with Gasteiger partial charge in [0.2, 0.25) is 0 Å². The molecule has 0 saturated carbocycles. The summed E-state index contributed by atoms with van der Waals surface area (Å²) in [5, 5.41) is 0. The Kier molecular flexibility index (Phi) is 6.69. The summed E-state index contributed by atoms with van der Waals surface area (Å²) in [6.07, 6.45) is 4.83. The second kappa shape index (κ2) is 7.78. The minimum Gasteiger partial charge on any atom is -0.465 e. The molecule has 1 aliphatic rings. The van der Waals surface area contributed by atoms with E-state index in [9.17, 15) is 4.79 Å². The lowest BCUT2D eigenvalue weighted by Gasteiger charge is -2.34. The summed E-state index contributed by atoms with van der Waals surface area (Å²) >= 11 is 0. The van der Waals surface area contributed by atoms with Crippen LogP contribution in [-0.4, -0.2) is 36.6 Å². The average molecular weight is 255 g/mol. The smallest absolute Gasteiger partial charge is 0.308 e. The molecule has 106 valence electrons. The predicted octanol–water partition coefficient (Wildman–Crippen LogP) is 3.09. The first-order valence-electron chi connectivity index (χ1n) is 7.41. The van der Waals surface area contributed by atoms with Gasteiger partial charge in [0.05, 0.1) is 12.5 Å². The molecule has 18 heavy (non-hydrogen) atoms. The maximum Gasteiger partial charge on any atom is 0.308 e. The molecule has 0 aliphatic carbocycles. The van der Waals surface area contributed by atoms with Crippen molar-refractivity contribution in [1.82, 2.24) is 4.90 Å². The molecule has 0 spiro atoms. The van der Waals surface area contributed by atoms with Crippen LogP contribution in [0.3, 0.4) is 0 Å². The van der Waals surface area contributed by atoms with Crippen LogP contribution in [0.25, 0.3) is 0 Å². The Morgan fingerprint density at radius 3 is 2.33 bits per heavy atom. The molecule has 0 atom stereocenters. The number of hydrogen-bond acceptors (Lipinski definition) is 3. The summed E-state index contributed by atoms with van der Waals surface area (Å²) in [4.78, 5) is 13.8. The maximum atomic E-state index is 11.3. The van der Waals surface area contributed by atoms with E-state index in [0.29, 0.717) is 12.6 Å². The number of nitrogens with zero attached hydrogens (tertiary/aromatic N) is 1. The van der Waals surface area contributed by atoms with Gasteiger partial charge in [-0.25, -0.2) is 0 Å². The lowest BCUT2D eigenvalue weighted by atomic mass is 9.92. The molecule has 1 rings (SSSR count). The van der Waals surface area contributed by atoms with Gasteiger partial charge in [-0.3, -0.25) is 4.79 Å². The summed E-state index contributed by atoms with van der Waals surface area (Å²) < 4.78 is 5.20. The number of carbonyl (C=O) groups excluding carboxylic acids is 1. The van der Waals surface area contributed by atoms with Gasteiger partial charge in [0.15, 0.2) is 0 Å². The zero-order valence-electron chi connectivity index (χ0n) is 12.4. The van der Waals surface area contributed by atoms with Crippen molar-refractivity contribution in [2.45, 2.75) is 59.4 Å². The van der Waals surface area contributed by atoms with E-state index in [1.807, 2.05) is 13.8 Å². The molecular weight excluding hydrogens is 226 g/mol.